The lowest BCUT2D eigenvalue weighted by Crippen LogP contribution is -2.24. The molecular formula is C19H25N3O2S2. The minimum Gasteiger partial charge on any atom is -0.325 e. The first kappa shape index (κ1) is 20.6. The van der Waals surface area contributed by atoms with Crippen LogP contribution in [-0.2, 0) is 10.5 Å². The Kier molecular flexibility index (Phi) is 7.34. The van der Waals surface area contributed by atoms with Crippen molar-refractivity contribution in [2.45, 2.75) is 56.0 Å². The van der Waals surface area contributed by atoms with Crippen LogP contribution in [0, 0.1) is 13.8 Å². The van der Waals surface area contributed by atoms with Gasteiger partial charge in [0.2, 0.25) is 5.91 Å². The van der Waals surface area contributed by atoms with Gasteiger partial charge in [-0.05, 0) is 43.2 Å². The number of aromatic nitrogens is 2. The first-order chi connectivity index (χ1) is 12.3. The standard InChI is InChI=1S/C19H25N3O2S2/c1-11(2)25-10-15-9-17(23)22-19(20-15)26-14(5)18(24)21-16-8-6-7-12(3)13(16)4/h6-9,11,14H,10H2,1-5H3,(H,21,24)(H,20,22,23). The quantitative estimate of drug-likeness (QED) is 0.548. The van der Waals surface area contributed by atoms with E-state index in [2.05, 4.69) is 29.1 Å². The van der Waals surface area contributed by atoms with E-state index >= 15 is 0 Å². The summed E-state index contributed by atoms with van der Waals surface area (Å²) in [6.07, 6.45) is 0. The summed E-state index contributed by atoms with van der Waals surface area (Å²) < 4.78 is 0. The van der Waals surface area contributed by atoms with Gasteiger partial charge >= 0.3 is 0 Å². The number of hydrogen-bond acceptors (Lipinski definition) is 5. The molecule has 0 saturated carbocycles. The zero-order valence-electron chi connectivity index (χ0n) is 15.8. The second-order valence-electron chi connectivity index (χ2n) is 6.40. The monoisotopic (exact) mass is 391 g/mol. The molecule has 1 amide bonds. The average molecular weight is 392 g/mol. The SMILES string of the molecule is Cc1cccc(NC(=O)C(C)Sc2nc(CSC(C)C)cc(=O)[nH]2)c1C. The number of benzene rings is 1. The lowest BCUT2D eigenvalue weighted by atomic mass is 10.1. The van der Waals surface area contributed by atoms with E-state index in [0.29, 0.717) is 16.2 Å². The first-order valence-corrected chi connectivity index (χ1v) is 10.4. The largest absolute Gasteiger partial charge is 0.325 e. The van der Waals surface area contributed by atoms with Crippen LogP contribution in [0.5, 0.6) is 0 Å². The van der Waals surface area contributed by atoms with Gasteiger partial charge in [-0.2, -0.15) is 11.8 Å². The van der Waals surface area contributed by atoms with Crippen molar-refractivity contribution < 1.29 is 4.79 Å². The van der Waals surface area contributed by atoms with Crippen LogP contribution in [0.15, 0.2) is 34.2 Å². The van der Waals surface area contributed by atoms with Crippen LogP contribution >= 0.6 is 23.5 Å². The Labute approximate surface area is 162 Å². The van der Waals surface area contributed by atoms with E-state index in [0.717, 1.165) is 22.5 Å². The normalized spacial score (nSPS) is 12.2. The number of anilines is 1. The summed E-state index contributed by atoms with van der Waals surface area (Å²) in [6, 6.07) is 7.34. The molecule has 0 spiro atoms. The highest BCUT2D eigenvalue weighted by Gasteiger charge is 2.17. The molecule has 0 saturated heterocycles. The first-order valence-electron chi connectivity index (χ1n) is 8.52. The van der Waals surface area contributed by atoms with Crippen LogP contribution in [0.1, 0.15) is 37.6 Å². The summed E-state index contributed by atoms with van der Waals surface area (Å²) >= 11 is 2.98. The van der Waals surface area contributed by atoms with Gasteiger partial charge in [0.05, 0.1) is 10.9 Å². The van der Waals surface area contributed by atoms with E-state index in [-0.39, 0.29) is 16.7 Å². The molecule has 1 unspecified atom stereocenters. The molecule has 26 heavy (non-hydrogen) atoms. The molecule has 0 bridgehead atoms. The lowest BCUT2D eigenvalue weighted by Gasteiger charge is -2.14. The van der Waals surface area contributed by atoms with Crippen LogP contribution < -0.4 is 10.9 Å². The molecule has 0 aliphatic heterocycles. The number of aryl methyl sites for hydroxylation is 1. The van der Waals surface area contributed by atoms with Gasteiger partial charge in [0, 0.05) is 17.5 Å². The van der Waals surface area contributed by atoms with Gasteiger partial charge in [0.1, 0.15) is 0 Å². The highest BCUT2D eigenvalue weighted by molar-refractivity contribution is 8.00. The van der Waals surface area contributed by atoms with Crippen molar-refractivity contribution in [2.75, 3.05) is 5.32 Å². The number of hydrogen-bond donors (Lipinski definition) is 2. The predicted octanol–water partition coefficient (Wildman–Crippen LogP) is 4.15. The molecule has 7 heteroatoms. The van der Waals surface area contributed by atoms with Gasteiger partial charge in [-0.25, -0.2) is 4.98 Å². The van der Waals surface area contributed by atoms with Crippen molar-refractivity contribution in [1.82, 2.24) is 9.97 Å². The molecule has 1 atom stereocenters. The van der Waals surface area contributed by atoms with Gasteiger partial charge in [-0.15, -0.1) is 0 Å². The molecule has 1 aromatic heterocycles. The molecule has 2 rings (SSSR count). The Morgan fingerprint density at radius 2 is 2.00 bits per heavy atom. The van der Waals surface area contributed by atoms with Crippen molar-refractivity contribution in [2.24, 2.45) is 0 Å². The van der Waals surface area contributed by atoms with Crippen molar-refractivity contribution >= 4 is 35.1 Å². The summed E-state index contributed by atoms with van der Waals surface area (Å²) in [7, 11) is 0. The molecular weight excluding hydrogens is 366 g/mol. The van der Waals surface area contributed by atoms with Gasteiger partial charge < -0.3 is 10.3 Å². The highest BCUT2D eigenvalue weighted by Crippen LogP contribution is 2.23. The predicted molar refractivity (Wildman–Crippen MR) is 111 cm³/mol. The van der Waals surface area contributed by atoms with Crippen LogP contribution in [0.3, 0.4) is 0 Å². The van der Waals surface area contributed by atoms with E-state index in [1.807, 2.05) is 32.0 Å². The van der Waals surface area contributed by atoms with Gasteiger partial charge in [0.15, 0.2) is 5.16 Å². The number of nitrogens with one attached hydrogen (secondary N) is 2. The number of carbonyl (C=O) groups excluding carboxylic acids is 1. The average Bonchev–Trinajstić information content (AvgIpc) is 2.56. The van der Waals surface area contributed by atoms with Gasteiger partial charge in [0.25, 0.3) is 5.56 Å². The van der Waals surface area contributed by atoms with E-state index in [1.165, 1.54) is 17.8 Å². The third-order valence-corrected chi connectivity index (χ3v) is 5.97. The second-order valence-corrected chi connectivity index (χ2v) is 9.29. The third-order valence-electron chi connectivity index (χ3n) is 3.86. The molecule has 1 heterocycles. The second kappa shape index (κ2) is 9.28. The number of amides is 1. The fourth-order valence-corrected chi connectivity index (χ4v) is 3.69. The number of nitrogens with zero attached hydrogens (tertiary/aromatic N) is 1. The lowest BCUT2D eigenvalue weighted by molar-refractivity contribution is -0.115. The number of thioether (sulfide) groups is 2. The summed E-state index contributed by atoms with van der Waals surface area (Å²) in [5.41, 5.74) is 3.54. The smallest absolute Gasteiger partial charge is 0.251 e. The van der Waals surface area contributed by atoms with E-state index < -0.39 is 0 Å². The maximum Gasteiger partial charge on any atom is 0.251 e. The van der Waals surface area contributed by atoms with Gasteiger partial charge in [-0.1, -0.05) is 37.7 Å². The molecule has 0 radical (unpaired) electrons. The Bertz CT molecular complexity index is 834. The maximum atomic E-state index is 12.5. The van der Waals surface area contributed by atoms with Gasteiger partial charge in [-0.3, -0.25) is 9.59 Å². The molecule has 140 valence electrons. The number of aromatic amines is 1. The van der Waals surface area contributed by atoms with Crippen molar-refractivity contribution in [3.05, 3.63) is 51.4 Å². The van der Waals surface area contributed by atoms with Crippen LogP contribution in [0.25, 0.3) is 0 Å². The zero-order valence-corrected chi connectivity index (χ0v) is 17.4. The van der Waals surface area contributed by atoms with Crippen LogP contribution in [-0.4, -0.2) is 26.4 Å². The number of carbonyl (C=O) groups is 1. The van der Waals surface area contributed by atoms with Crippen LogP contribution in [0.2, 0.25) is 0 Å². The third kappa shape index (κ3) is 5.92. The Morgan fingerprint density at radius 1 is 1.27 bits per heavy atom. The Morgan fingerprint density at radius 3 is 2.69 bits per heavy atom. The molecule has 0 fully saturated rings. The zero-order chi connectivity index (χ0) is 19.3. The number of H-pyrrole nitrogens is 1. The van der Waals surface area contributed by atoms with E-state index in [4.69, 9.17) is 0 Å². The fourth-order valence-electron chi connectivity index (χ4n) is 2.21. The molecule has 2 aromatic rings. The molecule has 0 aliphatic carbocycles. The minimum atomic E-state index is -0.383. The maximum absolute atomic E-state index is 12.5. The Hall–Kier alpha value is -1.73. The van der Waals surface area contributed by atoms with Crippen LogP contribution in [0.4, 0.5) is 5.69 Å². The highest BCUT2D eigenvalue weighted by atomic mass is 32.2. The van der Waals surface area contributed by atoms with Crippen molar-refractivity contribution in [1.29, 1.82) is 0 Å². The topological polar surface area (TPSA) is 74.8 Å². The number of rotatable bonds is 7. The fraction of sp³-hybridized carbons (Fsp3) is 0.421. The summed E-state index contributed by atoms with van der Waals surface area (Å²) in [5, 5.41) is 3.51. The van der Waals surface area contributed by atoms with Crippen molar-refractivity contribution in [3.8, 4) is 0 Å². The summed E-state index contributed by atoms with van der Waals surface area (Å²) in [5.74, 6) is 0.561. The summed E-state index contributed by atoms with van der Waals surface area (Å²) in [4.78, 5) is 31.6. The molecule has 5 nitrogen and oxygen atoms in total. The summed E-state index contributed by atoms with van der Waals surface area (Å²) in [6.45, 7) is 10.0. The molecule has 0 aliphatic rings. The molecule has 1 aromatic carbocycles. The van der Waals surface area contributed by atoms with Crippen molar-refractivity contribution in [3.63, 3.8) is 0 Å². The minimum absolute atomic E-state index is 0.117. The van der Waals surface area contributed by atoms with E-state index in [1.54, 1.807) is 18.7 Å². The van der Waals surface area contributed by atoms with E-state index in [9.17, 15) is 9.59 Å². The Balaban J connectivity index is 2.06. The molecule has 2 N–H and O–H groups in total.